The highest BCUT2D eigenvalue weighted by Crippen LogP contribution is 2.24. The first-order valence-corrected chi connectivity index (χ1v) is 5.63. The molecular weight excluding hydrogens is 204 g/mol. The fourth-order valence-corrected chi connectivity index (χ4v) is 2.54. The zero-order valence-electron chi connectivity index (χ0n) is 7.64. The Balaban J connectivity index is 2.57. The van der Waals surface area contributed by atoms with Crippen LogP contribution in [0.1, 0.15) is 12.5 Å². The van der Waals surface area contributed by atoms with Crippen LogP contribution in [-0.2, 0) is 25.6 Å². The first-order valence-electron chi connectivity index (χ1n) is 4.22. The molecule has 0 fully saturated rings. The minimum atomic E-state index is -3.65. The second-order valence-electron chi connectivity index (χ2n) is 3.04. The Morgan fingerprint density at radius 3 is 2.86 bits per heavy atom. The fraction of sp³-hybridized carbons (Fsp3) is 0.333. The van der Waals surface area contributed by atoms with Crippen molar-refractivity contribution in [3.05, 3.63) is 29.8 Å². The standard InChI is InChI=1S/C9H10O4S/c1-7-12-6-8-4-2-3-5-9(8)14(10,11)13-7/h2-5,7H,6H2,1H3. The summed E-state index contributed by atoms with van der Waals surface area (Å²) < 4.78 is 33.1. The van der Waals surface area contributed by atoms with E-state index in [9.17, 15) is 8.42 Å². The van der Waals surface area contributed by atoms with Crippen LogP contribution in [0.2, 0.25) is 0 Å². The molecule has 1 aliphatic heterocycles. The lowest BCUT2D eigenvalue weighted by atomic mass is 10.2. The molecule has 1 aromatic rings. The molecule has 0 saturated carbocycles. The van der Waals surface area contributed by atoms with E-state index in [1.54, 1.807) is 25.1 Å². The van der Waals surface area contributed by atoms with Crippen LogP contribution < -0.4 is 0 Å². The molecule has 0 bridgehead atoms. The van der Waals surface area contributed by atoms with Gasteiger partial charge in [-0.2, -0.15) is 8.42 Å². The van der Waals surface area contributed by atoms with E-state index in [4.69, 9.17) is 8.92 Å². The van der Waals surface area contributed by atoms with Crippen molar-refractivity contribution in [2.24, 2.45) is 0 Å². The van der Waals surface area contributed by atoms with Gasteiger partial charge in [0.2, 0.25) is 0 Å². The van der Waals surface area contributed by atoms with E-state index in [-0.39, 0.29) is 11.5 Å². The average molecular weight is 214 g/mol. The summed E-state index contributed by atoms with van der Waals surface area (Å²) in [5.74, 6) is 0. The highest BCUT2D eigenvalue weighted by molar-refractivity contribution is 7.86. The number of rotatable bonds is 0. The average Bonchev–Trinajstić information content (AvgIpc) is 2.24. The Bertz CT molecular complexity index is 438. The first-order chi connectivity index (χ1) is 6.59. The zero-order chi connectivity index (χ0) is 10.2. The molecule has 4 nitrogen and oxygen atoms in total. The Kier molecular flexibility index (Phi) is 2.30. The molecule has 1 atom stereocenters. The van der Waals surface area contributed by atoms with Gasteiger partial charge in [-0.05, 0) is 18.6 Å². The quantitative estimate of drug-likeness (QED) is 0.610. The van der Waals surface area contributed by atoms with Crippen LogP contribution in [-0.4, -0.2) is 14.7 Å². The van der Waals surface area contributed by atoms with Crippen molar-refractivity contribution in [3.8, 4) is 0 Å². The van der Waals surface area contributed by atoms with Crippen molar-refractivity contribution in [1.82, 2.24) is 0 Å². The van der Waals surface area contributed by atoms with Crippen molar-refractivity contribution in [3.63, 3.8) is 0 Å². The summed E-state index contributed by atoms with van der Waals surface area (Å²) in [5.41, 5.74) is 0.636. The normalized spacial score (nSPS) is 25.1. The van der Waals surface area contributed by atoms with Gasteiger partial charge in [0, 0.05) is 0 Å². The maximum absolute atomic E-state index is 11.6. The van der Waals surface area contributed by atoms with E-state index in [1.165, 1.54) is 6.07 Å². The SMILES string of the molecule is CC1OCc2ccccc2S(=O)(=O)O1. The maximum atomic E-state index is 11.6. The summed E-state index contributed by atoms with van der Waals surface area (Å²) in [6, 6.07) is 6.67. The second-order valence-corrected chi connectivity index (χ2v) is 4.58. The van der Waals surface area contributed by atoms with Gasteiger partial charge in [-0.15, -0.1) is 0 Å². The Morgan fingerprint density at radius 2 is 2.07 bits per heavy atom. The van der Waals surface area contributed by atoms with E-state index in [1.807, 2.05) is 0 Å². The molecule has 0 aromatic heterocycles. The van der Waals surface area contributed by atoms with Crippen molar-refractivity contribution < 1.29 is 17.3 Å². The molecule has 1 unspecified atom stereocenters. The van der Waals surface area contributed by atoms with Gasteiger partial charge in [-0.25, -0.2) is 4.18 Å². The highest BCUT2D eigenvalue weighted by Gasteiger charge is 2.26. The number of ether oxygens (including phenoxy) is 1. The lowest BCUT2D eigenvalue weighted by molar-refractivity contribution is -0.0679. The third kappa shape index (κ3) is 1.66. The van der Waals surface area contributed by atoms with E-state index in [0.29, 0.717) is 5.56 Å². The summed E-state index contributed by atoms with van der Waals surface area (Å²) >= 11 is 0. The third-order valence-corrected chi connectivity index (χ3v) is 3.44. The van der Waals surface area contributed by atoms with Crippen molar-refractivity contribution in [1.29, 1.82) is 0 Å². The van der Waals surface area contributed by atoms with E-state index >= 15 is 0 Å². The topological polar surface area (TPSA) is 52.6 Å². The van der Waals surface area contributed by atoms with E-state index in [0.717, 1.165) is 0 Å². The van der Waals surface area contributed by atoms with Crippen molar-refractivity contribution in [2.75, 3.05) is 0 Å². The number of fused-ring (bicyclic) bond motifs is 1. The molecule has 0 spiro atoms. The minimum absolute atomic E-state index is 0.198. The summed E-state index contributed by atoms with van der Waals surface area (Å²) in [6.45, 7) is 1.82. The van der Waals surface area contributed by atoms with Crippen LogP contribution in [0.4, 0.5) is 0 Å². The van der Waals surface area contributed by atoms with Gasteiger partial charge in [0.15, 0.2) is 6.29 Å². The summed E-state index contributed by atoms with van der Waals surface area (Å²) in [7, 11) is -3.65. The summed E-state index contributed by atoms with van der Waals surface area (Å²) in [6.07, 6.45) is -0.729. The maximum Gasteiger partial charge on any atom is 0.299 e. The number of hydrogen-bond acceptors (Lipinski definition) is 4. The predicted molar refractivity (Wildman–Crippen MR) is 49.0 cm³/mol. The van der Waals surface area contributed by atoms with Crippen LogP contribution in [0.5, 0.6) is 0 Å². The molecule has 5 heteroatoms. The lowest BCUT2D eigenvalue weighted by Crippen LogP contribution is -2.14. The smallest absolute Gasteiger partial charge is 0.299 e. The summed E-state index contributed by atoms with van der Waals surface area (Å²) in [5, 5.41) is 0. The fourth-order valence-electron chi connectivity index (χ4n) is 1.33. The molecule has 0 radical (unpaired) electrons. The van der Waals surface area contributed by atoms with Gasteiger partial charge in [0.1, 0.15) is 0 Å². The zero-order valence-corrected chi connectivity index (χ0v) is 8.45. The van der Waals surface area contributed by atoms with Crippen molar-refractivity contribution >= 4 is 10.1 Å². The summed E-state index contributed by atoms with van der Waals surface area (Å²) in [4.78, 5) is 0.198. The molecule has 1 aromatic carbocycles. The molecule has 1 aliphatic rings. The van der Waals surface area contributed by atoms with Crippen molar-refractivity contribution in [2.45, 2.75) is 24.7 Å². The van der Waals surface area contributed by atoms with Crippen LogP contribution in [0.15, 0.2) is 29.2 Å². The first kappa shape index (κ1) is 9.64. The van der Waals surface area contributed by atoms with Gasteiger partial charge >= 0.3 is 0 Å². The van der Waals surface area contributed by atoms with Crippen LogP contribution in [0.3, 0.4) is 0 Å². The van der Waals surface area contributed by atoms with E-state index in [2.05, 4.69) is 0 Å². The highest BCUT2D eigenvalue weighted by atomic mass is 32.2. The molecule has 76 valence electrons. The van der Waals surface area contributed by atoms with Gasteiger partial charge in [0.25, 0.3) is 10.1 Å². The lowest BCUT2D eigenvalue weighted by Gasteiger charge is -2.07. The number of benzene rings is 1. The molecule has 0 saturated heterocycles. The number of hydrogen-bond donors (Lipinski definition) is 0. The molecule has 0 aliphatic carbocycles. The Labute approximate surface area is 82.6 Å². The molecule has 0 N–H and O–H groups in total. The van der Waals surface area contributed by atoms with Gasteiger partial charge < -0.3 is 4.74 Å². The minimum Gasteiger partial charge on any atom is -0.347 e. The predicted octanol–water partition coefficient (Wildman–Crippen LogP) is 1.27. The largest absolute Gasteiger partial charge is 0.347 e. The van der Waals surface area contributed by atoms with Crippen LogP contribution in [0, 0.1) is 0 Å². The van der Waals surface area contributed by atoms with Gasteiger partial charge in [-0.3, -0.25) is 0 Å². The van der Waals surface area contributed by atoms with Gasteiger partial charge in [0.05, 0.1) is 11.5 Å². The monoisotopic (exact) mass is 214 g/mol. The molecule has 2 rings (SSSR count). The second kappa shape index (κ2) is 3.34. The molecule has 1 heterocycles. The van der Waals surface area contributed by atoms with Crippen LogP contribution in [0.25, 0.3) is 0 Å². The molecule has 0 amide bonds. The Morgan fingerprint density at radius 1 is 1.36 bits per heavy atom. The third-order valence-electron chi connectivity index (χ3n) is 1.98. The van der Waals surface area contributed by atoms with E-state index < -0.39 is 16.4 Å². The Hall–Kier alpha value is -0.910. The van der Waals surface area contributed by atoms with Gasteiger partial charge in [-0.1, -0.05) is 18.2 Å². The molecule has 14 heavy (non-hydrogen) atoms. The molecular formula is C9H10O4S. The van der Waals surface area contributed by atoms with Crippen LogP contribution >= 0.6 is 0 Å².